The van der Waals surface area contributed by atoms with E-state index in [4.69, 9.17) is 14.6 Å². The van der Waals surface area contributed by atoms with Crippen molar-refractivity contribution in [2.75, 3.05) is 26.9 Å². The van der Waals surface area contributed by atoms with E-state index in [9.17, 15) is 14.4 Å². The molecule has 0 fully saturated rings. The SMILES string of the molecule is COCCC(NC(=O)OCC1c2ccccc2-c2ccccc21)C(=O)NCC#CC(=O)O. The molecule has 0 saturated heterocycles. The molecule has 2 aromatic carbocycles. The molecule has 0 radical (unpaired) electrons. The van der Waals surface area contributed by atoms with Crippen LogP contribution in [0.4, 0.5) is 4.79 Å². The minimum Gasteiger partial charge on any atom is -0.472 e. The van der Waals surface area contributed by atoms with E-state index in [0.717, 1.165) is 22.3 Å². The lowest BCUT2D eigenvalue weighted by Crippen LogP contribution is -2.47. The van der Waals surface area contributed by atoms with Gasteiger partial charge in [-0.25, -0.2) is 9.59 Å². The molecule has 2 amide bonds. The van der Waals surface area contributed by atoms with Crippen LogP contribution in [-0.4, -0.2) is 56.0 Å². The van der Waals surface area contributed by atoms with Crippen LogP contribution in [0, 0.1) is 11.8 Å². The van der Waals surface area contributed by atoms with Crippen molar-refractivity contribution in [1.82, 2.24) is 10.6 Å². The lowest BCUT2D eigenvalue weighted by Gasteiger charge is -2.19. The molecular weight excluding hydrogens is 412 g/mol. The molecule has 1 unspecified atom stereocenters. The number of carbonyl (C=O) groups is 3. The van der Waals surface area contributed by atoms with Crippen LogP contribution in [0.5, 0.6) is 0 Å². The molecule has 0 aliphatic heterocycles. The van der Waals surface area contributed by atoms with Gasteiger partial charge >= 0.3 is 12.1 Å². The Morgan fingerprint density at radius 3 is 2.28 bits per heavy atom. The number of amides is 2. The highest BCUT2D eigenvalue weighted by molar-refractivity contribution is 5.87. The number of hydrogen-bond acceptors (Lipinski definition) is 5. The lowest BCUT2D eigenvalue weighted by atomic mass is 9.98. The molecule has 32 heavy (non-hydrogen) atoms. The fourth-order valence-corrected chi connectivity index (χ4v) is 3.66. The molecule has 0 spiro atoms. The van der Waals surface area contributed by atoms with Crippen molar-refractivity contribution in [3.63, 3.8) is 0 Å². The number of rotatable bonds is 8. The highest BCUT2D eigenvalue weighted by Crippen LogP contribution is 2.44. The minimum atomic E-state index is -1.29. The van der Waals surface area contributed by atoms with Gasteiger partial charge in [0.2, 0.25) is 5.91 Å². The number of ether oxygens (including phenoxy) is 2. The Morgan fingerprint density at radius 1 is 1.06 bits per heavy atom. The number of alkyl carbamates (subject to hydrolysis) is 1. The minimum absolute atomic E-state index is 0.0919. The molecule has 3 rings (SSSR count). The van der Waals surface area contributed by atoms with Crippen LogP contribution in [0.15, 0.2) is 48.5 Å². The van der Waals surface area contributed by atoms with Gasteiger partial charge in [0.15, 0.2) is 0 Å². The van der Waals surface area contributed by atoms with Gasteiger partial charge in [-0.2, -0.15) is 0 Å². The highest BCUT2D eigenvalue weighted by Gasteiger charge is 2.29. The van der Waals surface area contributed by atoms with E-state index in [1.165, 1.54) is 7.11 Å². The number of methoxy groups -OCH3 is 1. The predicted molar refractivity (Wildman–Crippen MR) is 117 cm³/mol. The van der Waals surface area contributed by atoms with Gasteiger partial charge in [0.25, 0.3) is 0 Å². The second kappa shape index (κ2) is 11.0. The predicted octanol–water partition coefficient (Wildman–Crippen LogP) is 2.13. The smallest absolute Gasteiger partial charge is 0.407 e. The second-order valence-corrected chi connectivity index (χ2v) is 7.13. The molecular formula is C24H24N2O6. The van der Waals surface area contributed by atoms with E-state index in [1.807, 2.05) is 54.5 Å². The number of hydrogen-bond donors (Lipinski definition) is 3. The van der Waals surface area contributed by atoms with Crippen LogP contribution in [-0.2, 0) is 19.1 Å². The fraction of sp³-hybridized carbons (Fsp3) is 0.292. The van der Waals surface area contributed by atoms with Crippen molar-refractivity contribution < 1.29 is 29.0 Å². The Hall–Kier alpha value is -3.83. The van der Waals surface area contributed by atoms with Crippen LogP contribution in [0.2, 0.25) is 0 Å². The first kappa shape index (κ1) is 22.8. The Kier molecular flexibility index (Phi) is 7.84. The number of nitrogens with one attached hydrogen (secondary N) is 2. The maximum Gasteiger partial charge on any atom is 0.407 e. The number of fused-ring (bicyclic) bond motifs is 3. The van der Waals surface area contributed by atoms with E-state index in [1.54, 1.807) is 0 Å². The molecule has 0 aromatic heterocycles. The number of benzene rings is 2. The summed E-state index contributed by atoms with van der Waals surface area (Å²) in [6.07, 6.45) is -0.501. The molecule has 2 aromatic rings. The summed E-state index contributed by atoms with van der Waals surface area (Å²) in [5.74, 6) is 2.33. The molecule has 1 aliphatic rings. The second-order valence-electron chi connectivity index (χ2n) is 7.13. The van der Waals surface area contributed by atoms with E-state index < -0.39 is 24.0 Å². The molecule has 8 heteroatoms. The normalized spacial score (nSPS) is 12.5. The molecule has 0 heterocycles. The van der Waals surface area contributed by atoms with Crippen LogP contribution >= 0.6 is 0 Å². The summed E-state index contributed by atoms with van der Waals surface area (Å²) in [4.78, 5) is 35.2. The molecule has 1 atom stereocenters. The Morgan fingerprint density at radius 2 is 1.69 bits per heavy atom. The summed E-state index contributed by atoms with van der Waals surface area (Å²) >= 11 is 0. The number of carboxylic acids is 1. The molecule has 1 aliphatic carbocycles. The molecule has 0 bridgehead atoms. The number of aliphatic carboxylic acids is 1. The summed E-state index contributed by atoms with van der Waals surface area (Å²) in [5, 5.41) is 13.5. The average molecular weight is 436 g/mol. The molecule has 0 saturated carbocycles. The standard InChI is InChI=1S/C24H24N2O6/c1-31-14-12-21(23(29)25-13-6-11-22(27)28)26-24(30)32-15-20-18-9-4-2-7-16(18)17-8-3-5-10-19(17)20/h2-5,7-10,20-21H,12-15H2,1H3,(H,25,29)(H,26,30)(H,27,28). The van der Waals surface area contributed by atoms with Gasteiger partial charge in [0.1, 0.15) is 12.6 Å². The van der Waals surface area contributed by atoms with Crippen LogP contribution in [0.3, 0.4) is 0 Å². The fourth-order valence-electron chi connectivity index (χ4n) is 3.66. The van der Waals surface area contributed by atoms with Gasteiger partial charge < -0.3 is 25.2 Å². The Labute approximate surface area is 185 Å². The van der Waals surface area contributed by atoms with E-state index >= 15 is 0 Å². The number of carbonyl (C=O) groups excluding carboxylic acids is 2. The monoisotopic (exact) mass is 436 g/mol. The Bertz CT molecular complexity index is 1010. The lowest BCUT2D eigenvalue weighted by molar-refractivity contribution is -0.130. The van der Waals surface area contributed by atoms with Gasteiger partial charge in [-0.05, 0) is 22.3 Å². The summed E-state index contributed by atoms with van der Waals surface area (Å²) in [6.45, 7) is 0.214. The third-order valence-electron chi connectivity index (χ3n) is 5.11. The van der Waals surface area contributed by atoms with Crippen LogP contribution < -0.4 is 10.6 Å². The third-order valence-corrected chi connectivity index (χ3v) is 5.11. The van der Waals surface area contributed by atoms with Gasteiger partial charge in [0.05, 0.1) is 6.54 Å². The molecule has 166 valence electrons. The van der Waals surface area contributed by atoms with Crippen LogP contribution in [0.25, 0.3) is 11.1 Å². The average Bonchev–Trinajstić information content (AvgIpc) is 3.11. The van der Waals surface area contributed by atoms with Crippen molar-refractivity contribution in [3.05, 3.63) is 59.7 Å². The zero-order valence-electron chi connectivity index (χ0n) is 17.6. The van der Waals surface area contributed by atoms with Gasteiger partial charge in [0, 0.05) is 32.0 Å². The zero-order chi connectivity index (χ0) is 22.9. The molecule has 3 N–H and O–H groups in total. The largest absolute Gasteiger partial charge is 0.472 e. The van der Waals surface area contributed by atoms with Gasteiger partial charge in [-0.15, -0.1) is 0 Å². The van der Waals surface area contributed by atoms with E-state index in [2.05, 4.69) is 16.6 Å². The first-order chi connectivity index (χ1) is 15.5. The maximum absolute atomic E-state index is 12.5. The maximum atomic E-state index is 12.5. The van der Waals surface area contributed by atoms with Gasteiger partial charge in [-0.1, -0.05) is 54.5 Å². The van der Waals surface area contributed by atoms with Crippen molar-refractivity contribution in [3.8, 4) is 23.0 Å². The van der Waals surface area contributed by atoms with Crippen molar-refractivity contribution in [2.24, 2.45) is 0 Å². The van der Waals surface area contributed by atoms with Crippen molar-refractivity contribution in [1.29, 1.82) is 0 Å². The molecule has 8 nitrogen and oxygen atoms in total. The summed E-state index contributed by atoms with van der Waals surface area (Å²) in [6, 6.07) is 15.1. The topological polar surface area (TPSA) is 114 Å². The van der Waals surface area contributed by atoms with Gasteiger partial charge in [-0.3, -0.25) is 4.79 Å². The summed E-state index contributed by atoms with van der Waals surface area (Å²) < 4.78 is 10.5. The van der Waals surface area contributed by atoms with Crippen molar-refractivity contribution >= 4 is 18.0 Å². The third kappa shape index (κ3) is 5.65. The van der Waals surface area contributed by atoms with E-state index in [0.29, 0.717) is 0 Å². The summed E-state index contributed by atoms with van der Waals surface area (Å²) in [7, 11) is 1.49. The summed E-state index contributed by atoms with van der Waals surface area (Å²) in [5.41, 5.74) is 4.42. The number of carboxylic acid groups (broad SMARTS) is 1. The van der Waals surface area contributed by atoms with Crippen LogP contribution in [0.1, 0.15) is 23.5 Å². The van der Waals surface area contributed by atoms with E-state index in [-0.39, 0.29) is 32.1 Å². The quantitative estimate of drug-likeness (QED) is 0.547. The Balaban J connectivity index is 1.61. The zero-order valence-corrected chi connectivity index (χ0v) is 17.6. The highest BCUT2D eigenvalue weighted by atomic mass is 16.5. The van der Waals surface area contributed by atoms with Crippen molar-refractivity contribution in [2.45, 2.75) is 18.4 Å². The first-order valence-electron chi connectivity index (χ1n) is 10.1. The first-order valence-corrected chi connectivity index (χ1v) is 10.1.